The molecular weight excluding hydrogens is 905 g/mol. The van der Waals surface area contributed by atoms with Crippen LogP contribution in [0.15, 0.2) is 268 Å². The number of aromatic nitrogens is 8. The number of nitrogens with zero attached hydrogens (tertiary/aromatic N) is 8. The number of rotatable bonds is 11. The third-order valence-corrected chi connectivity index (χ3v) is 13.5. The maximum atomic E-state index is 5.24. The van der Waals surface area contributed by atoms with Gasteiger partial charge in [-0.15, -0.1) is 0 Å². The molecule has 74 heavy (non-hydrogen) atoms. The third-order valence-electron chi connectivity index (χ3n) is 13.5. The van der Waals surface area contributed by atoms with Gasteiger partial charge in [-0.2, -0.15) is 0 Å². The van der Waals surface area contributed by atoms with Gasteiger partial charge in [0.1, 0.15) is 11.6 Å². The molecule has 0 N–H and O–H groups in total. The van der Waals surface area contributed by atoms with Crippen molar-refractivity contribution in [3.8, 4) is 113 Å². The number of fused-ring (bicyclic) bond motifs is 1. The predicted octanol–water partition coefficient (Wildman–Crippen LogP) is 15.8. The van der Waals surface area contributed by atoms with Crippen LogP contribution in [0.4, 0.5) is 0 Å². The molecule has 0 bridgehead atoms. The molecule has 0 fully saturated rings. The minimum atomic E-state index is 0.673. The van der Waals surface area contributed by atoms with E-state index in [9.17, 15) is 0 Å². The Labute approximate surface area is 428 Å². The summed E-state index contributed by atoms with van der Waals surface area (Å²) in [6, 6.07) is 80.0. The Morgan fingerprint density at radius 3 is 1.32 bits per heavy atom. The second-order valence-electron chi connectivity index (χ2n) is 18.0. The van der Waals surface area contributed by atoms with Crippen LogP contribution in [0, 0.1) is 0 Å². The zero-order valence-corrected chi connectivity index (χ0v) is 40.0. The molecule has 348 valence electrons. The lowest BCUT2D eigenvalue weighted by Crippen LogP contribution is -2.00. The van der Waals surface area contributed by atoms with E-state index in [4.69, 9.17) is 19.9 Å². The van der Waals surface area contributed by atoms with Crippen molar-refractivity contribution in [3.05, 3.63) is 268 Å². The van der Waals surface area contributed by atoms with Crippen molar-refractivity contribution in [2.24, 2.45) is 0 Å². The summed E-state index contributed by atoms with van der Waals surface area (Å²) in [6.07, 6.45) is 11.4. The first-order chi connectivity index (χ1) is 36.7. The monoisotopic (exact) mass is 948 g/mol. The van der Waals surface area contributed by atoms with Crippen molar-refractivity contribution in [2.75, 3.05) is 0 Å². The highest BCUT2D eigenvalue weighted by molar-refractivity contribution is 5.94. The summed E-state index contributed by atoms with van der Waals surface area (Å²) in [4.78, 5) is 29.5. The quantitative estimate of drug-likeness (QED) is 0.128. The van der Waals surface area contributed by atoms with E-state index < -0.39 is 0 Å². The molecule has 0 aliphatic carbocycles. The molecular formula is C66H44N8. The highest BCUT2D eigenvalue weighted by atomic mass is 15.1. The topological polar surface area (TPSA) is 87.2 Å². The summed E-state index contributed by atoms with van der Waals surface area (Å²) in [5.41, 5.74) is 18.2. The Balaban J connectivity index is 0.888. The zero-order valence-electron chi connectivity index (χ0n) is 40.0. The Morgan fingerprint density at radius 1 is 0.284 bits per heavy atom. The van der Waals surface area contributed by atoms with Crippen LogP contribution in [0.5, 0.6) is 0 Å². The van der Waals surface area contributed by atoms with Crippen LogP contribution < -0.4 is 0 Å². The summed E-state index contributed by atoms with van der Waals surface area (Å²) >= 11 is 0. The molecule has 0 aliphatic rings. The van der Waals surface area contributed by atoms with Crippen LogP contribution in [0.3, 0.4) is 0 Å². The maximum Gasteiger partial charge on any atom is 0.160 e. The molecule has 13 aromatic rings. The van der Waals surface area contributed by atoms with Gasteiger partial charge in [-0.3, -0.25) is 19.1 Å². The van der Waals surface area contributed by atoms with Crippen molar-refractivity contribution < 1.29 is 0 Å². The molecule has 0 spiro atoms. The van der Waals surface area contributed by atoms with Crippen molar-refractivity contribution in [1.82, 2.24) is 39.0 Å². The smallest absolute Gasteiger partial charge is 0.160 e. The maximum absolute atomic E-state index is 5.24. The molecule has 0 unspecified atom stereocenters. The highest BCUT2D eigenvalue weighted by Crippen LogP contribution is 2.39. The van der Waals surface area contributed by atoms with Crippen LogP contribution in [-0.4, -0.2) is 39.0 Å². The Morgan fingerprint density at radius 2 is 0.743 bits per heavy atom. The fourth-order valence-corrected chi connectivity index (χ4v) is 9.81. The van der Waals surface area contributed by atoms with Crippen molar-refractivity contribution in [2.45, 2.75) is 0 Å². The van der Waals surface area contributed by atoms with Crippen molar-refractivity contribution >= 4 is 10.9 Å². The number of benzene rings is 8. The Bertz CT molecular complexity index is 3940. The summed E-state index contributed by atoms with van der Waals surface area (Å²) in [7, 11) is 0. The van der Waals surface area contributed by atoms with E-state index in [1.54, 1.807) is 0 Å². The number of hydrogen-bond donors (Lipinski definition) is 0. The van der Waals surface area contributed by atoms with E-state index in [1.165, 1.54) is 5.56 Å². The lowest BCUT2D eigenvalue weighted by molar-refractivity contribution is 1.06. The van der Waals surface area contributed by atoms with Gasteiger partial charge in [-0.1, -0.05) is 158 Å². The van der Waals surface area contributed by atoms with Gasteiger partial charge in [0.2, 0.25) is 0 Å². The van der Waals surface area contributed by atoms with Crippen molar-refractivity contribution in [3.63, 3.8) is 0 Å². The Hall–Kier alpha value is -10.2. The van der Waals surface area contributed by atoms with E-state index in [0.717, 1.165) is 112 Å². The van der Waals surface area contributed by atoms with Gasteiger partial charge in [0.15, 0.2) is 5.82 Å². The SMILES string of the molecule is c1ccc(-c2ccc(-c3nc(-c4ccc(-c5ccccc5-c5cc(-c6nccn6-c6ccc(-c7ccccn7)cc6)cc(-c6nccn6-c6ccc(-c7ccccn7)cc6)c5)cc4)nc4ccccc34)cc2)cc1. The van der Waals surface area contributed by atoms with Crippen LogP contribution in [-0.2, 0) is 0 Å². The summed E-state index contributed by atoms with van der Waals surface area (Å²) < 4.78 is 4.27. The third kappa shape index (κ3) is 8.52. The van der Waals surface area contributed by atoms with E-state index in [0.29, 0.717) is 5.82 Å². The fraction of sp³-hybridized carbons (Fsp3) is 0. The van der Waals surface area contributed by atoms with Gasteiger partial charge in [-0.25, -0.2) is 19.9 Å². The highest BCUT2D eigenvalue weighted by Gasteiger charge is 2.19. The molecule has 8 heteroatoms. The largest absolute Gasteiger partial charge is 0.300 e. The fourth-order valence-electron chi connectivity index (χ4n) is 9.81. The van der Waals surface area contributed by atoms with Gasteiger partial charge in [0, 0.05) is 87.3 Å². The molecule has 0 aliphatic heterocycles. The predicted molar refractivity (Wildman–Crippen MR) is 298 cm³/mol. The number of imidazole rings is 2. The Kier molecular flexibility index (Phi) is 11.4. The average molecular weight is 949 g/mol. The van der Waals surface area contributed by atoms with E-state index in [-0.39, 0.29) is 0 Å². The number of para-hydroxylation sites is 1. The zero-order chi connectivity index (χ0) is 49.2. The van der Waals surface area contributed by atoms with Gasteiger partial charge >= 0.3 is 0 Å². The minimum absolute atomic E-state index is 0.673. The molecule has 8 nitrogen and oxygen atoms in total. The molecule has 0 saturated heterocycles. The second kappa shape index (κ2) is 19.2. The van der Waals surface area contributed by atoms with Crippen LogP contribution in [0.25, 0.3) is 124 Å². The first kappa shape index (κ1) is 43.8. The van der Waals surface area contributed by atoms with Crippen LogP contribution in [0.1, 0.15) is 0 Å². The lowest BCUT2D eigenvalue weighted by atomic mass is 9.91. The molecule has 13 rings (SSSR count). The van der Waals surface area contributed by atoms with Crippen LogP contribution in [0.2, 0.25) is 0 Å². The molecule has 0 radical (unpaired) electrons. The van der Waals surface area contributed by atoms with Crippen molar-refractivity contribution in [1.29, 1.82) is 0 Å². The standard InChI is InChI=1S/C66H44N8/c1-2-12-45(13-3-1)46-20-24-50(25-21-46)63-59-16-6-7-19-62(59)71-64(72-63)51-26-22-47(23-27-51)57-14-4-5-15-58(57)52-42-53(65-69-38-40-73(65)55-32-28-48(29-33-55)60-17-8-10-36-67-60)44-54(43-52)66-70-39-41-74(66)56-34-30-49(31-35-56)61-18-9-11-37-68-61/h1-44H. The molecule has 8 aromatic carbocycles. The second-order valence-corrected chi connectivity index (χ2v) is 18.0. The van der Waals surface area contributed by atoms with E-state index >= 15 is 0 Å². The lowest BCUT2D eigenvalue weighted by Gasteiger charge is -2.16. The van der Waals surface area contributed by atoms with Gasteiger partial charge in [-0.05, 0) is 106 Å². The normalized spacial score (nSPS) is 11.2. The molecule has 5 aromatic heterocycles. The molecule has 0 saturated carbocycles. The first-order valence-corrected chi connectivity index (χ1v) is 24.6. The molecule has 0 atom stereocenters. The van der Waals surface area contributed by atoms with Crippen LogP contribution >= 0.6 is 0 Å². The van der Waals surface area contributed by atoms with Gasteiger partial charge in [0.05, 0.1) is 22.6 Å². The van der Waals surface area contributed by atoms with Gasteiger partial charge in [0.25, 0.3) is 0 Å². The first-order valence-electron chi connectivity index (χ1n) is 24.6. The number of hydrogen-bond acceptors (Lipinski definition) is 6. The summed E-state index contributed by atoms with van der Waals surface area (Å²) in [5, 5.41) is 1.01. The van der Waals surface area contributed by atoms with Gasteiger partial charge < -0.3 is 0 Å². The summed E-state index contributed by atoms with van der Waals surface area (Å²) in [6.45, 7) is 0. The van der Waals surface area contributed by atoms with E-state index in [1.807, 2.05) is 91.8 Å². The summed E-state index contributed by atoms with van der Waals surface area (Å²) in [5.74, 6) is 2.28. The minimum Gasteiger partial charge on any atom is -0.300 e. The molecule has 0 amide bonds. The molecule has 5 heterocycles. The number of pyridine rings is 2. The average Bonchev–Trinajstić information content (AvgIpc) is 4.21. The van der Waals surface area contributed by atoms with E-state index in [2.05, 4.69) is 195 Å².